The highest BCUT2D eigenvalue weighted by Gasteiger charge is 2.47. The van der Waals surface area contributed by atoms with E-state index in [0.29, 0.717) is 12.5 Å². The molecule has 1 aliphatic carbocycles. The highest BCUT2D eigenvalue weighted by atomic mass is 16.2. The molecule has 0 bridgehead atoms. The third-order valence-electron chi connectivity index (χ3n) is 8.16. The molecule has 192 valence electrons. The fourth-order valence-corrected chi connectivity index (χ4v) is 6.24. The summed E-state index contributed by atoms with van der Waals surface area (Å²) >= 11 is 0. The van der Waals surface area contributed by atoms with Crippen LogP contribution >= 0.6 is 0 Å². The molecule has 0 saturated carbocycles. The molecule has 3 aromatic carbocycles. The summed E-state index contributed by atoms with van der Waals surface area (Å²) in [6.45, 7) is 5.53. The van der Waals surface area contributed by atoms with Crippen LogP contribution in [-0.2, 0) is 10.2 Å². The fourth-order valence-electron chi connectivity index (χ4n) is 6.24. The molecule has 2 N–H and O–H groups in total. The molecule has 5 heteroatoms. The summed E-state index contributed by atoms with van der Waals surface area (Å²) < 4.78 is 0. The number of carbonyl (C=O) groups excluding carboxylic acids is 2. The lowest BCUT2D eigenvalue weighted by Gasteiger charge is -2.43. The zero-order chi connectivity index (χ0) is 25.7. The first-order valence-corrected chi connectivity index (χ1v) is 13.6. The smallest absolute Gasteiger partial charge is 0.251 e. The predicted molar refractivity (Wildman–Crippen MR) is 148 cm³/mol. The van der Waals surface area contributed by atoms with E-state index in [4.69, 9.17) is 0 Å². The second kappa shape index (κ2) is 11.3. The van der Waals surface area contributed by atoms with Gasteiger partial charge >= 0.3 is 0 Å². The average molecular weight is 496 g/mol. The molecule has 1 aliphatic heterocycles. The van der Waals surface area contributed by atoms with Gasteiger partial charge in [0.2, 0.25) is 5.91 Å². The van der Waals surface area contributed by atoms with Crippen LogP contribution in [0.3, 0.4) is 0 Å². The Morgan fingerprint density at radius 1 is 0.865 bits per heavy atom. The van der Waals surface area contributed by atoms with Crippen LogP contribution in [0.25, 0.3) is 0 Å². The van der Waals surface area contributed by atoms with E-state index < -0.39 is 5.41 Å². The molecule has 2 atom stereocenters. The largest absolute Gasteiger partial charge is 0.355 e. The maximum Gasteiger partial charge on any atom is 0.251 e. The first-order chi connectivity index (χ1) is 18.1. The second-order valence-electron chi connectivity index (χ2n) is 10.4. The van der Waals surface area contributed by atoms with Crippen molar-refractivity contribution in [2.75, 3.05) is 26.2 Å². The van der Waals surface area contributed by atoms with Crippen molar-refractivity contribution in [1.29, 1.82) is 0 Å². The zero-order valence-corrected chi connectivity index (χ0v) is 21.7. The van der Waals surface area contributed by atoms with Gasteiger partial charge in [-0.2, -0.15) is 0 Å². The van der Waals surface area contributed by atoms with Gasteiger partial charge in [-0.05, 0) is 67.3 Å². The Labute approximate surface area is 220 Å². The number of fused-ring (bicyclic) bond motifs is 1. The lowest BCUT2D eigenvalue weighted by Crippen LogP contribution is -2.49. The molecular weight excluding hydrogens is 458 g/mol. The minimum Gasteiger partial charge on any atom is -0.355 e. The van der Waals surface area contributed by atoms with E-state index in [9.17, 15) is 9.59 Å². The van der Waals surface area contributed by atoms with E-state index in [0.717, 1.165) is 62.0 Å². The van der Waals surface area contributed by atoms with E-state index in [2.05, 4.69) is 51.9 Å². The summed E-state index contributed by atoms with van der Waals surface area (Å²) in [5.74, 6) is 0.503. The number of hydrogen-bond donors (Lipinski definition) is 2. The third-order valence-corrected chi connectivity index (χ3v) is 8.16. The summed E-state index contributed by atoms with van der Waals surface area (Å²) in [7, 11) is 0. The van der Waals surface area contributed by atoms with Gasteiger partial charge in [-0.15, -0.1) is 0 Å². The lowest BCUT2D eigenvalue weighted by atomic mass is 9.62. The quantitative estimate of drug-likeness (QED) is 0.491. The van der Waals surface area contributed by atoms with E-state index >= 15 is 0 Å². The van der Waals surface area contributed by atoms with Crippen LogP contribution in [0.4, 0.5) is 0 Å². The van der Waals surface area contributed by atoms with Crippen LogP contribution in [-0.4, -0.2) is 48.9 Å². The monoisotopic (exact) mass is 495 g/mol. The van der Waals surface area contributed by atoms with E-state index in [1.54, 1.807) is 0 Å². The number of nitrogens with one attached hydrogen (secondary N) is 2. The van der Waals surface area contributed by atoms with Crippen molar-refractivity contribution in [3.05, 3.63) is 107 Å². The number of rotatable bonds is 7. The number of likely N-dealkylation sites (tertiary alicyclic amines) is 1. The summed E-state index contributed by atoms with van der Waals surface area (Å²) in [4.78, 5) is 28.8. The van der Waals surface area contributed by atoms with Crippen molar-refractivity contribution in [3.63, 3.8) is 0 Å². The molecule has 0 radical (unpaired) electrons. The number of amides is 2. The molecule has 2 amide bonds. The molecule has 0 unspecified atom stereocenters. The van der Waals surface area contributed by atoms with Gasteiger partial charge in [0.15, 0.2) is 0 Å². The molecule has 5 rings (SSSR count). The maximum atomic E-state index is 13.7. The number of nitrogens with zero attached hydrogens (tertiary/aromatic N) is 1. The lowest BCUT2D eigenvalue weighted by molar-refractivity contribution is -0.125. The highest BCUT2D eigenvalue weighted by Crippen LogP contribution is 2.47. The van der Waals surface area contributed by atoms with Crippen molar-refractivity contribution >= 4 is 11.8 Å². The van der Waals surface area contributed by atoms with Crippen LogP contribution in [0.1, 0.15) is 65.6 Å². The number of benzene rings is 3. The van der Waals surface area contributed by atoms with Crippen LogP contribution in [0.2, 0.25) is 0 Å². The van der Waals surface area contributed by atoms with Crippen LogP contribution in [0.5, 0.6) is 0 Å². The number of piperidine rings is 1. The minimum atomic E-state index is -0.654. The van der Waals surface area contributed by atoms with Crippen LogP contribution in [0.15, 0.2) is 84.9 Å². The first-order valence-electron chi connectivity index (χ1n) is 13.6. The molecule has 5 nitrogen and oxygen atoms in total. The van der Waals surface area contributed by atoms with E-state index in [-0.39, 0.29) is 17.9 Å². The molecule has 0 aromatic heterocycles. The highest BCUT2D eigenvalue weighted by molar-refractivity contribution is 5.94. The molecule has 2 aliphatic rings. The van der Waals surface area contributed by atoms with E-state index in [1.165, 1.54) is 5.56 Å². The molecule has 1 fully saturated rings. The third kappa shape index (κ3) is 5.19. The summed E-state index contributed by atoms with van der Waals surface area (Å²) in [5.41, 5.74) is 3.58. The number of hydrogen-bond acceptors (Lipinski definition) is 3. The summed E-state index contributed by atoms with van der Waals surface area (Å²) in [6.07, 6.45) is 3.68. The number of likely N-dealkylation sites (N-methyl/N-ethyl adjacent to an activating group) is 1. The van der Waals surface area contributed by atoms with Gasteiger partial charge in [0.1, 0.15) is 0 Å². The molecule has 1 saturated heterocycles. The standard InChI is InChI=1S/C32H37N3O2/c1-2-33-31(37)32(26-13-7-4-8-14-26)20-17-25(28-15-9-10-16-29(28)32)23-35-21-18-27(19-22-35)34-30(36)24-11-5-3-6-12-24/h3-16,25,27H,2,17-23H2,1H3,(H,33,37)(H,34,36)/t25-,32-/m0/s1. The Bertz CT molecular complexity index is 1200. The van der Waals surface area contributed by atoms with Gasteiger partial charge in [-0.25, -0.2) is 0 Å². The average Bonchev–Trinajstić information content (AvgIpc) is 2.95. The van der Waals surface area contributed by atoms with Crippen molar-refractivity contribution in [2.45, 2.75) is 50.0 Å². The number of carbonyl (C=O) groups is 2. The van der Waals surface area contributed by atoms with Gasteiger partial charge in [-0.1, -0.05) is 72.8 Å². The molecule has 37 heavy (non-hydrogen) atoms. The van der Waals surface area contributed by atoms with Gasteiger partial charge in [-0.3, -0.25) is 9.59 Å². The Hall–Kier alpha value is -3.44. The van der Waals surface area contributed by atoms with Crippen molar-refractivity contribution < 1.29 is 9.59 Å². The minimum absolute atomic E-state index is 0.0165. The van der Waals surface area contributed by atoms with Gasteiger partial charge < -0.3 is 15.5 Å². The zero-order valence-electron chi connectivity index (χ0n) is 21.7. The van der Waals surface area contributed by atoms with Crippen molar-refractivity contribution in [3.8, 4) is 0 Å². The molecular formula is C32H37N3O2. The topological polar surface area (TPSA) is 61.4 Å². The maximum absolute atomic E-state index is 13.7. The Kier molecular flexibility index (Phi) is 7.71. The fraction of sp³-hybridized carbons (Fsp3) is 0.375. The molecule has 3 aromatic rings. The van der Waals surface area contributed by atoms with Crippen molar-refractivity contribution in [2.24, 2.45) is 0 Å². The van der Waals surface area contributed by atoms with E-state index in [1.807, 2.05) is 55.5 Å². The van der Waals surface area contributed by atoms with Crippen LogP contribution < -0.4 is 10.6 Å². The SMILES string of the molecule is CCNC(=O)[C@]1(c2ccccc2)CC[C@@H](CN2CCC(NC(=O)c3ccccc3)CC2)c2ccccc21. The Balaban J connectivity index is 1.30. The van der Waals surface area contributed by atoms with Crippen molar-refractivity contribution in [1.82, 2.24) is 15.5 Å². The Morgan fingerprint density at radius 2 is 1.51 bits per heavy atom. The first kappa shape index (κ1) is 25.2. The summed E-state index contributed by atoms with van der Waals surface area (Å²) in [6, 6.07) is 28.5. The van der Waals surface area contributed by atoms with Crippen LogP contribution in [0, 0.1) is 0 Å². The predicted octanol–water partition coefficient (Wildman–Crippen LogP) is 4.88. The normalized spacial score (nSPS) is 22.1. The van der Waals surface area contributed by atoms with Gasteiger partial charge in [0, 0.05) is 37.8 Å². The van der Waals surface area contributed by atoms with Gasteiger partial charge in [0.05, 0.1) is 5.41 Å². The van der Waals surface area contributed by atoms with Gasteiger partial charge in [0.25, 0.3) is 5.91 Å². The second-order valence-corrected chi connectivity index (χ2v) is 10.4. The molecule has 1 heterocycles. The Morgan fingerprint density at radius 3 is 2.22 bits per heavy atom. The molecule has 0 spiro atoms. The summed E-state index contributed by atoms with van der Waals surface area (Å²) in [5, 5.41) is 6.36.